The topological polar surface area (TPSA) is 0 Å². The van der Waals surface area contributed by atoms with Crippen LogP contribution >= 0.6 is 0 Å². The standard InChI is InChI=1S/C14H30/c1-5-10-14(6-2)12-9-7-8-11-13(3)4/h13-14H,5-12H2,1-4H3. The summed E-state index contributed by atoms with van der Waals surface area (Å²) >= 11 is 0. The van der Waals surface area contributed by atoms with Crippen molar-refractivity contribution in [3.63, 3.8) is 0 Å². The lowest BCUT2D eigenvalue weighted by Gasteiger charge is -2.13. The summed E-state index contributed by atoms with van der Waals surface area (Å²) in [5, 5.41) is 0. The van der Waals surface area contributed by atoms with Gasteiger partial charge in [-0.1, -0.05) is 79.1 Å². The van der Waals surface area contributed by atoms with E-state index in [1.165, 1.54) is 51.4 Å². The Morgan fingerprint density at radius 2 is 1.43 bits per heavy atom. The van der Waals surface area contributed by atoms with Crippen LogP contribution in [0.2, 0.25) is 0 Å². The summed E-state index contributed by atoms with van der Waals surface area (Å²) in [5.41, 5.74) is 0. The van der Waals surface area contributed by atoms with E-state index in [1.807, 2.05) is 0 Å². The molecule has 1 atom stereocenters. The van der Waals surface area contributed by atoms with Gasteiger partial charge in [0.1, 0.15) is 0 Å². The van der Waals surface area contributed by atoms with Crippen LogP contribution in [0.1, 0.15) is 79.1 Å². The van der Waals surface area contributed by atoms with Crippen LogP contribution in [0.5, 0.6) is 0 Å². The summed E-state index contributed by atoms with van der Waals surface area (Å²) in [7, 11) is 0. The highest BCUT2D eigenvalue weighted by Gasteiger charge is 2.04. The van der Waals surface area contributed by atoms with Crippen LogP contribution in [-0.2, 0) is 0 Å². The molecule has 1 unspecified atom stereocenters. The van der Waals surface area contributed by atoms with E-state index in [9.17, 15) is 0 Å². The fourth-order valence-electron chi connectivity index (χ4n) is 2.12. The lowest BCUT2D eigenvalue weighted by molar-refractivity contribution is 0.404. The molecule has 0 heteroatoms. The molecule has 0 fully saturated rings. The molecule has 86 valence electrons. The minimum absolute atomic E-state index is 0.896. The van der Waals surface area contributed by atoms with Crippen molar-refractivity contribution in [2.24, 2.45) is 11.8 Å². The largest absolute Gasteiger partial charge is 0.0654 e. The molecule has 0 amide bonds. The van der Waals surface area contributed by atoms with E-state index in [0.29, 0.717) is 0 Å². The van der Waals surface area contributed by atoms with Crippen LogP contribution in [0.25, 0.3) is 0 Å². The lowest BCUT2D eigenvalue weighted by atomic mass is 9.93. The van der Waals surface area contributed by atoms with Crippen LogP contribution < -0.4 is 0 Å². The van der Waals surface area contributed by atoms with Crippen molar-refractivity contribution in [1.29, 1.82) is 0 Å². The Bertz CT molecular complexity index is 105. The van der Waals surface area contributed by atoms with Crippen LogP contribution in [0.3, 0.4) is 0 Å². The zero-order chi connectivity index (χ0) is 10.8. The number of rotatable bonds is 9. The predicted octanol–water partition coefficient (Wildman–Crippen LogP) is 5.42. The summed E-state index contributed by atoms with van der Waals surface area (Å²) < 4.78 is 0. The zero-order valence-electron chi connectivity index (χ0n) is 10.8. The Labute approximate surface area is 91.5 Å². The normalized spacial score (nSPS) is 13.5. The smallest absolute Gasteiger partial charge is 0.0417 e. The molecule has 0 rings (SSSR count). The van der Waals surface area contributed by atoms with Gasteiger partial charge in [-0.3, -0.25) is 0 Å². The maximum Gasteiger partial charge on any atom is -0.0417 e. The van der Waals surface area contributed by atoms with Gasteiger partial charge < -0.3 is 0 Å². The molecule has 0 nitrogen and oxygen atoms in total. The SMILES string of the molecule is CCCC(CC)CCCCCC(C)C. The molecule has 14 heavy (non-hydrogen) atoms. The average Bonchev–Trinajstić information content (AvgIpc) is 2.15. The highest BCUT2D eigenvalue weighted by molar-refractivity contribution is 4.57. The third-order valence-corrected chi connectivity index (χ3v) is 3.17. The molecule has 0 aromatic heterocycles. The van der Waals surface area contributed by atoms with E-state index in [-0.39, 0.29) is 0 Å². The summed E-state index contributed by atoms with van der Waals surface area (Å²) in [6.07, 6.45) is 11.5. The van der Waals surface area contributed by atoms with Gasteiger partial charge >= 0.3 is 0 Å². The van der Waals surface area contributed by atoms with Crippen molar-refractivity contribution < 1.29 is 0 Å². The first-order chi connectivity index (χ1) is 6.70. The van der Waals surface area contributed by atoms with Crippen molar-refractivity contribution in [2.45, 2.75) is 79.1 Å². The highest BCUT2D eigenvalue weighted by atomic mass is 14.1. The first kappa shape index (κ1) is 14.0. The highest BCUT2D eigenvalue weighted by Crippen LogP contribution is 2.19. The molecular weight excluding hydrogens is 168 g/mol. The lowest BCUT2D eigenvalue weighted by Crippen LogP contribution is -1.98. The molecule has 0 aliphatic carbocycles. The first-order valence-corrected chi connectivity index (χ1v) is 6.70. The fraction of sp³-hybridized carbons (Fsp3) is 1.00. The quantitative estimate of drug-likeness (QED) is 0.434. The molecule has 0 saturated heterocycles. The Morgan fingerprint density at radius 3 is 1.93 bits per heavy atom. The minimum atomic E-state index is 0.896. The molecule has 0 radical (unpaired) electrons. The second kappa shape index (κ2) is 9.55. The molecule has 0 aromatic carbocycles. The Balaban J connectivity index is 3.24. The van der Waals surface area contributed by atoms with Crippen molar-refractivity contribution in [1.82, 2.24) is 0 Å². The monoisotopic (exact) mass is 198 g/mol. The molecule has 0 aliphatic rings. The third-order valence-electron chi connectivity index (χ3n) is 3.17. The van der Waals surface area contributed by atoms with Gasteiger partial charge in [0, 0.05) is 0 Å². The first-order valence-electron chi connectivity index (χ1n) is 6.70. The van der Waals surface area contributed by atoms with Crippen molar-refractivity contribution in [2.75, 3.05) is 0 Å². The Morgan fingerprint density at radius 1 is 0.786 bits per heavy atom. The maximum absolute atomic E-state index is 2.34. The van der Waals surface area contributed by atoms with E-state index in [0.717, 1.165) is 11.8 Å². The number of hydrogen-bond donors (Lipinski definition) is 0. The maximum atomic E-state index is 2.34. The second-order valence-electron chi connectivity index (χ2n) is 5.09. The van der Waals surface area contributed by atoms with Gasteiger partial charge in [-0.25, -0.2) is 0 Å². The Hall–Kier alpha value is 0. The van der Waals surface area contributed by atoms with E-state index in [2.05, 4.69) is 27.7 Å². The molecule has 0 saturated carbocycles. The number of hydrogen-bond acceptors (Lipinski definition) is 0. The third kappa shape index (κ3) is 8.59. The summed E-state index contributed by atoms with van der Waals surface area (Å²) in [6.45, 7) is 9.30. The molecular formula is C14H30. The van der Waals surface area contributed by atoms with Crippen LogP contribution in [0, 0.1) is 11.8 Å². The Kier molecular flexibility index (Phi) is 9.55. The van der Waals surface area contributed by atoms with Gasteiger partial charge in [-0.15, -0.1) is 0 Å². The molecule has 0 N–H and O–H groups in total. The molecule has 0 heterocycles. The van der Waals surface area contributed by atoms with Gasteiger partial charge in [0.15, 0.2) is 0 Å². The van der Waals surface area contributed by atoms with Gasteiger partial charge in [0.05, 0.1) is 0 Å². The minimum Gasteiger partial charge on any atom is -0.0654 e. The van der Waals surface area contributed by atoms with E-state index < -0.39 is 0 Å². The van der Waals surface area contributed by atoms with Gasteiger partial charge in [0.25, 0.3) is 0 Å². The summed E-state index contributed by atoms with van der Waals surface area (Å²) in [6, 6.07) is 0. The van der Waals surface area contributed by atoms with Gasteiger partial charge in [0.2, 0.25) is 0 Å². The van der Waals surface area contributed by atoms with Crippen molar-refractivity contribution in [3.8, 4) is 0 Å². The van der Waals surface area contributed by atoms with Gasteiger partial charge in [-0.2, -0.15) is 0 Å². The molecule has 0 bridgehead atoms. The van der Waals surface area contributed by atoms with Crippen LogP contribution in [0.4, 0.5) is 0 Å². The summed E-state index contributed by atoms with van der Waals surface area (Å²) in [5.74, 6) is 1.91. The van der Waals surface area contributed by atoms with Crippen LogP contribution in [-0.4, -0.2) is 0 Å². The second-order valence-corrected chi connectivity index (χ2v) is 5.09. The number of unbranched alkanes of at least 4 members (excludes halogenated alkanes) is 2. The van der Waals surface area contributed by atoms with E-state index in [1.54, 1.807) is 0 Å². The molecule has 0 spiro atoms. The van der Waals surface area contributed by atoms with Crippen molar-refractivity contribution in [3.05, 3.63) is 0 Å². The molecule has 0 aromatic rings. The average molecular weight is 198 g/mol. The van der Waals surface area contributed by atoms with Crippen molar-refractivity contribution >= 4 is 0 Å². The zero-order valence-corrected chi connectivity index (χ0v) is 10.8. The van der Waals surface area contributed by atoms with Gasteiger partial charge in [-0.05, 0) is 11.8 Å². The van der Waals surface area contributed by atoms with E-state index in [4.69, 9.17) is 0 Å². The predicted molar refractivity (Wildman–Crippen MR) is 66.6 cm³/mol. The van der Waals surface area contributed by atoms with Crippen LogP contribution in [0.15, 0.2) is 0 Å². The summed E-state index contributed by atoms with van der Waals surface area (Å²) in [4.78, 5) is 0. The fourth-order valence-corrected chi connectivity index (χ4v) is 2.12. The van der Waals surface area contributed by atoms with E-state index >= 15 is 0 Å². The molecule has 0 aliphatic heterocycles.